The molecule has 0 unspecified atom stereocenters. The second-order valence-corrected chi connectivity index (χ2v) is 6.26. The maximum atomic E-state index is 11.4. The summed E-state index contributed by atoms with van der Waals surface area (Å²) in [6, 6.07) is 6.72. The Kier molecular flexibility index (Phi) is 4.63. The van der Waals surface area contributed by atoms with Gasteiger partial charge in [-0.25, -0.2) is 0 Å². The van der Waals surface area contributed by atoms with Gasteiger partial charge in [0.1, 0.15) is 0 Å². The fourth-order valence-electron chi connectivity index (χ4n) is 2.63. The Hall–Kier alpha value is -0.870. The van der Waals surface area contributed by atoms with Crippen molar-refractivity contribution in [1.29, 1.82) is 0 Å². The van der Waals surface area contributed by atoms with Crippen LogP contribution in [0.4, 0.5) is 5.69 Å². The molecule has 1 aliphatic heterocycles. The van der Waals surface area contributed by atoms with Crippen LogP contribution in [0.15, 0.2) is 22.7 Å². The molecule has 104 valence electrons. The topological polar surface area (TPSA) is 23.6 Å². The van der Waals surface area contributed by atoms with Crippen molar-refractivity contribution in [3.8, 4) is 0 Å². The summed E-state index contributed by atoms with van der Waals surface area (Å²) in [5.74, 6) is 0.102. The number of Topliss-reactive ketones (excluding diaryl/α,β-unsaturated/α-hetero) is 1. The largest absolute Gasteiger partial charge is 0.371 e. The van der Waals surface area contributed by atoms with Crippen LogP contribution in [0, 0.1) is 0 Å². The van der Waals surface area contributed by atoms with Crippen LogP contribution in [-0.2, 0) is 0 Å². The summed E-state index contributed by atoms with van der Waals surface area (Å²) >= 11 is 3.49. The van der Waals surface area contributed by atoms with Crippen molar-refractivity contribution in [3.05, 3.63) is 28.2 Å². The highest BCUT2D eigenvalue weighted by Gasteiger charge is 2.21. The Labute approximate surface area is 123 Å². The molecule has 3 nitrogen and oxygen atoms in total. The lowest BCUT2D eigenvalue weighted by atomic mass is 10.0. The van der Waals surface area contributed by atoms with E-state index in [0.717, 1.165) is 23.1 Å². The zero-order valence-corrected chi connectivity index (χ0v) is 13.4. The Morgan fingerprint density at radius 3 is 2.42 bits per heavy atom. The summed E-state index contributed by atoms with van der Waals surface area (Å²) in [4.78, 5) is 16.1. The first-order valence-corrected chi connectivity index (χ1v) is 7.50. The number of carbonyl (C=O) groups excluding carboxylic acids is 1. The molecule has 0 N–H and O–H groups in total. The number of piperidine rings is 1. The lowest BCUT2D eigenvalue weighted by molar-refractivity contribution is 0.101. The zero-order valence-electron chi connectivity index (χ0n) is 11.8. The Balaban J connectivity index is 2.08. The van der Waals surface area contributed by atoms with Gasteiger partial charge >= 0.3 is 0 Å². The standard InChI is InChI=1S/C15H21BrN2O/c1-11(19)14-5-4-13(10-15(14)16)18-8-6-12(7-9-18)17(2)3/h4-5,10,12H,6-9H2,1-3H3. The lowest BCUT2D eigenvalue weighted by Gasteiger charge is -2.36. The number of hydrogen-bond acceptors (Lipinski definition) is 3. The first-order valence-electron chi connectivity index (χ1n) is 6.71. The van der Waals surface area contributed by atoms with Crippen LogP contribution in [0.3, 0.4) is 0 Å². The van der Waals surface area contributed by atoms with Gasteiger partial charge in [0.15, 0.2) is 5.78 Å². The SMILES string of the molecule is CC(=O)c1ccc(N2CCC(N(C)C)CC2)cc1Br. The van der Waals surface area contributed by atoms with Crippen LogP contribution in [0.25, 0.3) is 0 Å². The minimum atomic E-state index is 0.102. The number of rotatable bonds is 3. The van der Waals surface area contributed by atoms with E-state index in [1.165, 1.54) is 18.5 Å². The van der Waals surface area contributed by atoms with E-state index in [-0.39, 0.29) is 5.78 Å². The van der Waals surface area contributed by atoms with E-state index in [2.05, 4.69) is 52.0 Å². The molecular formula is C15H21BrN2O. The van der Waals surface area contributed by atoms with Gasteiger partial charge < -0.3 is 9.80 Å². The highest BCUT2D eigenvalue weighted by atomic mass is 79.9. The summed E-state index contributed by atoms with van der Waals surface area (Å²) in [7, 11) is 4.30. The van der Waals surface area contributed by atoms with Crippen molar-refractivity contribution in [1.82, 2.24) is 4.90 Å². The van der Waals surface area contributed by atoms with Crippen LogP contribution >= 0.6 is 15.9 Å². The third kappa shape index (κ3) is 3.37. The number of halogens is 1. The van der Waals surface area contributed by atoms with E-state index in [1.54, 1.807) is 6.92 Å². The Morgan fingerprint density at radius 1 is 1.32 bits per heavy atom. The summed E-state index contributed by atoms with van der Waals surface area (Å²) in [6.07, 6.45) is 2.39. The van der Waals surface area contributed by atoms with Crippen molar-refractivity contribution in [2.24, 2.45) is 0 Å². The number of benzene rings is 1. The lowest BCUT2D eigenvalue weighted by Crippen LogP contribution is -2.42. The highest BCUT2D eigenvalue weighted by Crippen LogP contribution is 2.27. The maximum Gasteiger partial charge on any atom is 0.160 e. The van der Waals surface area contributed by atoms with Crippen molar-refractivity contribution in [2.75, 3.05) is 32.1 Å². The molecule has 0 saturated carbocycles. The molecule has 0 aromatic heterocycles. The molecule has 0 radical (unpaired) electrons. The van der Waals surface area contributed by atoms with Crippen LogP contribution < -0.4 is 4.90 Å². The van der Waals surface area contributed by atoms with Gasteiger partial charge in [0.25, 0.3) is 0 Å². The fourth-order valence-corrected chi connectivity index (χ4v) is 3.27. The highest BCUT2D eigenvalue weighted by molar-refractivity contribution is 9.10. The molecule has 1 saturated heterocycles. The molecule has 0 amide bonds. The molecule has 1 fully saturated rings. The predicted octanol–water partition coefficient (Wildman–Crippen LogP) is 3.18. The normalized spacial score (nSPS) is 17.0. The maximum absolute atomic E-state index is 11.4. The smallest absolute Gasteiger partial charge is 0.160 e. The van der Waals surface area contributed by atoms with Gasteiger partial charge in [0.05, 0.1) is 0 Å². The van der Waals surface area contributed by atoms with E-state index < -0.39 is 0 Å². The predicted molar refractivity (Wildman–Crippen MR) is 83.1 cm³/mol. The van der Waals surface area contributed by atoms with E-state index in [9.17, 15) is 4.79 Å². The number of carbonyl (C=O) groups is 1. The van der Waals surface area contributed by atoms with Gasteiger partial charge in [-0.05, 0) is 68.0 Å². The van der Waals surface area contributed by atoms with Gasteiger partial charge in [-0.3, -0.25) is 4.79 Å². The third-order valence-electron chi connectivity index (χ3n) is 3.89. The molecule has 0 aliphatic carbocycles. The van der Waals surface area contributed by atoms with Gasteiger partial charge in [-0.1, -0.05) is 0 Å². The average Bonchev–Trinajstić information content (AvgIpc) is 2.38. The molecule has 2 rings (SSSR count). The monoisotopic (exact) mass is 324 g/mol. The number of ketones is 1. The first-order chi connectivity index (χ1) is 8.99. The van der Waals surface area contributed by atoms with Gasteiger partial charge in [0, 0.05) is 34.9 Å². The molecule has 19 heavy (non-hydrogen) atoms. The quantitative estimate of drug-likeness (QED) is 0.798. The number of nitrogens with zero attached hydrogens (tertiary/aromatic N) is 2. The summed E-state index contributed by atoms with van der Waals surface area (Å²) in [5.41, 5.74) is 1.96. The molecule has 4 heteroatoms. The molecular weight excluding hydrogens is 304 g/mol. The molecule has 1 aromatic carbocycles. The van der Waals surface area contributed by atoms with Gasteiger partial charge in [0.2, 0.25) is 0 Å². The zero-order chi connectivity index (χ0) is 14.0. The minimum absolute atomic E-state index is 0.102. The molecule has 1 aromatic rings. The van der Waals surface area contributed by atoms with Gasteiger partial charge in [-0.2, -0.15) is 0 Å². The third-order valence-corrected chi connectivity index (χ3v) is 4.55. The van der Waals surface area contributed by atoms with E-state index in [4.69, 9.17) is 0 Å². The molecule has 1 aliphatic rings. The van der Waals surface area contributed by atoms with Crippen LogP contribution in [0.1, 0.15) is 30.1 Å². The molecule has 0 atom stereocenters. The van der Waals surface area contributed by atoms with E-state index >= 15 is 0 Å². The summed E-state index contributed by atoms with van der Waals surface area (Å²) in [6.45, 7) is 3.76. The fraction of sp³-hybridized carbons (Fsp3) is 0.533. The van der Waals surface area contributed by atoms with Crippen molar-refractivity contribution in [3.63, 3.8) is 0 Å². The van der Waals surface area contributed by atoms with Crippen molar-refractivity contribution < 1.29 is 4.79 Å². The summed E-state index contributed by atoms with van der Waals surface area (Å²) < 4.78 is 0.896. The minimum Gasteiger partial charge on any atom is -0.371 e. The second kappa shape index (κ2) is 6.06. The molecule has 1 heterocycles. The van der Waals surface area contributed by atoms with E-state index in [0.29, 0.717) is 6.04 Å². The number of anilines is 1. The van der Waals surface area contributed by atoms with E-state index in [1.807, 2.05) is 6.07 Å². The molecule has 0 bridgehead atoms. The average molecular weight is 325 g/mol. The number of hydrogen-bond donors (Lipinski definition) is 0. The van der Waals surface area contributed by atoms with Crippen LogP contribution in [0.2, 0.25) is 0 Å². The van der Waals surface area contributed by atoms with Gasteiger partial charge in [-0.15, -0.1) is 0 Å². The van der Waals surface area contributed by atoms with Crippen molar-refractivity contribution in [2.45, 2.75) is 25.8 Å². The first kappa shape index (κ1) is 14.5. The van der Waals surface area contributed by atoms with Crippen molar-refractivity contribution >= 4 is 27.4 Å². The second-order valence-electron chi connectivity index (χ2n) is 5.40. The van der Waals surface area contributed by atoms with Crippen LogP contribution in [-0.4, -0.2) is 43.9 Å². The Morgan fingerprint density at radius 2 is 1.95 bits per heavy atom. The molecule has 0 spiro atoms. The Bertz CT molecular complexity index is 465. The van der Waals surface area contributed by atoms with Crippen LogP contribution in [0.5, 0.6) is 0 Å². The summed E-state index contributed by atoms with van der Waals surface area (Å²) in [5, 5.41) is 0.